The molecule has 0 bridgehead atoms. The van der Waals surface area contributed by atoms with Gasteiger partial charge in [0, 0.05) is 6.42 Å². The van der Waals surface area contributed by atoms with Crippen molar-refractivity contribution in [2.24, 2.45) is 0 Å². The Hall–Kier alpha value is -1.00. The molecular weight excluding hydrogens is 236 g/mol. The Bertz CT molecular complexity index is 385. The van der Waals surface area contributed by atoms with Crippen molar-refractivity contribution in [3.63, 3.8) is 0 Å². The molecule has 1 heterocycles. The van der Waals surface area contributed by atoms with Crippen molar-refractivity contribution in [1.29, 1.82) is 0 Å². The van der Waals surface area contributed by atoms with Gasteiger partial charge in [-0.2, -0.15) is 0 Å². The Balaban J connectivity index is 2.11. The van der Waals surface area contributed by atoms with E-state index in [9.17, 15) is 15.0 Å². The van der Waals surface area contributed by atoms with Gasteiger partial charge >= 0.3 is 5.97 Å². The highest BCUT2D eigenvalue weighted by molar-refractivity contribution is 8.01. The zero-order valence-corrected chi connectivity index (χ0v) is 10.3. The van der Waals surface area contributed by atoms with E-state index in [0.29, 0.717) is 6.42 Å². The number of hydrogen-bond acceptors (Lipinski definition) is 3. The van der Waals surface area contributed by atoms with Gasteiger partial charge in [0.05, 0.1) is 6.10 Å². The molecule has 0 radical (unpaired) electrons. The second-order valence-electron chi connectivity index (χ2n) is 4.38. The predicted octanol–water partition coefficient (Wildman–Crippen LogP) is 2.46. The van der Waals surface area contributed by atoms with Crippen LogP contribution in [0.4, 0.5) is 0 Å². The quantitative estimate of drug-likeness (QED) is 0.864. The third kappa shape index (κ3) is 2.64. The van der Waals surface area contributed by atoms with Gasteiger partial charge in [0.1, 0.15) is 4.75 Å². The Kier molecular flexibility index (Phi) is 3.74. The van der Waals surface area contributed by atoms with Crippen LogP contribution in [0.1, 0.15) is 30.9 Å². The van der Waals surface area contributed by atoms with Gasteiger partial charge in [0.15, 0.2) is 0 Å². The summed E-state index contributed by atoms with van der Waals surface area (Å²) in [5.41, 5.74) is 0.792. The zero-order chi connectivity index (χ0) is 12.3. The van der Waals surface area contributed by atoms with Crippen LogP contribution < -0.4 is 0 Å². The molecule has 0 spiro atoms. The highest BCUT2D eigenvalue weighted by Crippen LogP contribution is 2.44. The molecule has 1 aromatic rings. The lowest BCUT2D eigenvalue weighted by molar-refractivity contribution is -0.140. The number of carboxylic acids is 1. The number of aliphatic hydroxyl groups excluding tert-OH is 1. The van der Waals surface area contributed by atoms with Crippen molar-refractivity contribution < 1.29 is 15.0 Å². The van der Waals surface area contributed by atoms with Crippen LogP contribution >= 0.6 is 11.8 Å². The van der Waals surface area contributed by atoms with E-state index in [-0.39, 0.29) is 6.42 Å². The van der Waals surface area contributed by atoms with Gasteiger partial charge in [-0.15, -0.1) is 11.8 Å². The number of hydrogen-bond donors (Lipinski definition) is 2. The van der Waals surface area contributed by atoms with Crippen molar-refractivity contribution in [1.82, 2.24) is 0 Å². The molecule has 17 heavy (non-hydrogen) atoms. The molecular formula is C13H16O3S. The van der Waals surface area contributed by atoms with Crippen LogP contribution in [0, 0.1) is 0 Å². The Morgan fingerprint density at radius 2 is 2.12 bits per heavy atom. The molecule has 2 rings (SSSR count). The number of rotatable bonds is 4. The summed E-state index contributed by atoms with van der Waals surface area (Å²) in [6, 6.07) is 9.26. The number of aliphatic carboxylic acids is 1. The van der Waals surface area contributed by atoms with Crippen molar-refractivity contribution in [2.45, 2.75) is 30.1 Å². The number of benzene rings is 1. The molecule has 2 atom stereocenters. The molecule has 0 amide bonds. The molecule has 92 valence electrons. The van der Waals surface area contributed by atoms with Crippen LogP contribution in [0.15, 0.2) is 30.3 Å². The molecule has 1 fully saturated rings. The Labute approximate surface area is 105 Å². The summed E-state index contributed by atoms with van der Waals surface area (Å²) in [6.07, 6.45) is 1.16. The molecule has 3 nitrogen and oxygen atoms in total. The van der Waals surface area contributed by atoms with Crippen LogP contribution in [0.2, 0.25) is 0 Å². The summed E-state index contributed by atoms with van der Waals surface area (Å²) in [7, 11) is 0. The van der Waals surface area contributed by atoms with Gasteiger partial charge in [-0.3, -0.25) is 4.79 Å². The van der Waals surface area contributed by atoms with Gasteiger partial charge in [-0.05, 0) is 24.2 Å². The van der Waals surface area contributed by atoms with E-state index in [1.54, 1.807) is 0 Å². The summed E-state index contributed by atoms with van der Waals surface area (Å²) >= 11 is 1.46. The first-order chi connectivity index (χ1) is 8.14. The number of aliphatic hydroxyl groups is 1. The van der Waals surface area contributed by atoms with Crippen LogP contribution in [0.25, 0.3) is 0 Å². The second-order valence-corrected chi connectivity index (χ2v) is 5.86. The highest BCUT2D eigenvalue weighted by Gasteiger charge is 2.43. The first kappa shape index (κ1) is 12.5. The molecule has 1 aliphatic heterocycles. The highest BCUT2D eigenvalue weighted by atomic mass is 32.2. The largest absolute Gasteiger partial charge is 0.480 e. The maximum absolute atomic E-state index is 11.4. The van der Waals surface area contributed by atoms with Crippen LogP contribution in [-0.4, -0.2) is 26.7 Å². The molecule has 4 heteroatoms. The molecule has 0 aliphatic carbocycles. The van der Waals surface area contributed by atoms with Crippen LogP contribution in [0.3, 0.4) is 0 Å². The van der Waals surface area contributed by atoms with E-state index in [0.717, 1.165) is 17.7 Å². The van der Waals surface area contributed by atoms with Gasteiger partial charge in [0.2, 0.25) is 0 Å². The summed E-state index contributed by atoms with van der Waals surface area (Å²) in [4.78, 5) is 11.4. The Morgan fingerprint density at radius 1 is 1.41 bits per heavy atom. The smallest absolute Gasteiger partial charge is 0.319 e. The molecule has 2 unspecified atom stereocenters. The fourth-order valence-electron chi connectivity index (χ4n) is 2.22. The maximum Gasteiger partial charge on any atom is 0.319 e. The second kappa shape index (κ2) is 5.10. The first-order valence-corrected chi connectivity index (χ1v) is 6.73. The summed E-state index contributed by atoms with van der Waals surface area (Å²) < 4.78 is -0.796. The van der Waals surface area contributed by atoms with E-state index in [1.807, 2.05) is 30.3 Å². The third-order valence-corrected chi connectivity index (χ3v) is 4.79. The van der Waals surface area contributed by atoms with E-state index in [2.05, 4.69) is 0 Å². The van der Waals surface area contributed by atoms with E-state index in [1.165, 1.54) is 11.8 Å². The molecule has 1 aliphatic rings. The minimum atomic E-state index is -0.796. The van der Waals surface area contributed by atoms with Gasteiger partial charge in [0.25, 0.3) is 0 Å². The lowest BCUT2D eigenvalue weighted by atomic mass is 9.93. The number of carboxylic acid groups (broad SMARTS) is 1. The van der Waals surface area contributed by atoms with Gasteiger partial charge in [-0.1, -0.05) is 30.3 Å². The minimum Gasteiger partial charge on any atom is -0.480 e. The van der Waals surface area contributed by atoms with Crippen molar-refractivity contribution >= 4 is 17.7 Å². The average molecular weight is 252 g/mol. The SMILES string of the molecule is O=C(O)C1(CC(O)c2ccccc2)CCCS1. The molecule has 0 aromatic heterocycles. The summed E-state index contributed by atoms with van der Waals surface area (Å²) in [6.45, 7) is 0. The summed E-state index contributed by atoms with van der Waals surface area (Å²) in [5, 5.41) is 19.4. The van der Waals surface area contributed by atoms with Crippen LogP contribution in [0.5, 0.6) is 0 Å². The normalized spacial score (nSPS) is 25.7. The van der Waals surface area contributed by atoms with Gasteiger partial charge in [-0.25, -0.2) is 0 Å². The summed E-state index contributed by atoms with van der Waals surface area (Å²) in [5.74, 6) is 0.0725. The van der Waals surface area contributed by atoms with Crippen molar-refractivity contribution in [2.75, 3.05) is 5.75 Å². The van der Waals surface area contributed by atoms with E-state index in [4.69, 9.17) is 0 Å². The predicted molar refractivity (Wildman–Crippen MR) is 68.1 cm³/mol. The zero-order valence-electron chi connectivity index (χ0n) is 9.50. The fraction of sp³-hybridized carbons (Fsp3) is 0.462. The van der Waals surface area contributed by atoms with Gasteiger partial charge < -0.3 is 10.2 Å². The van der Waals surface area contributed by atoms with Crippen molar-refractivity contribution in [3.8, 4) is 0 Å². The fourth-order valence-corrected chi connectivity index (χ4v) is 3.59. The lowest BCUT2D eigenvalue weighted by Gasteiger charge is -2.25. The molecule has 1 saturated heterocycles. The number of carbonyl (C=O) groups is 1. The third-order valence-electron chi connectivity index (χ3n) is 3.20. The Morgan fingerprint density at radius 3 is 2.65 bits per heavy atom. The number of thioether (sulfide) groups is 1. The van der Waals surface area contributed by atoms with Crippen LogP contribution in [-0.2, 0) is 4.79 Å². The van der Waals surface area contributed by atoms with E-state index < -0.39 is 16.8 Å². The van der Waals surface area contributed by atoms with E-state index >= 15 is 0 Å². The van der Waals surface area contributed by atoms with Crippen molar-refractivity contribution in [3.05, 3.63) is 35.9 Å². The molecule has 1 aromatic carbocycles. The lowest BCUT2D eigenvalue weighted by Crippen LogP contribution is -2.34. The average Bonchev–Trinajstić information content (AvgIpc) is 2.80. The standard InChI is InChI=1S/C13H16O3S/c14-11(10-5-2-1-3-6-10)9-13(12(15)16)7-4-8-17-13/h1-3,5-6,11,14H,4,7-9H2,(H,15,16). The maximum atomic E-state index is 11.4. The first-order valence-electron chi connectivity index (χ1n) is 5.74. The topological polar surface area (TPSA) is 57.5 Å². The minimum absolute atomic E-state index is 0.289. The monoisotopic (exact) mass is 252 g/mol. The molecule has 2 N–H and O–H groups in total. The molecule has 0 saturated carbocycles.